The molecule has 0 aromatic heterocycles. The molecule has 2 heteroatoms. The lowest BCUT2D eigenvalue weighted by atomic mass is 9.99. The first-order valence-corrected chi connectivity index (χ1v) is 7.63. The Hall–Kier alpha value is -2.09. The predicted octanol–water partition coefficient (Wildman–Crippen LogP) is 4.00. The Morgan fingerprint density at radius 3 is 2.81 bits per heavy atom. The standard InChI is InChI=1S/C19H20O2/c1-2-21-18-8-4-7-17(13-18)19(20)12-14-9-10-15-5-3-6-16(15)11-14/h4,7-11,13H,2-3,5-6,12H2,1H3. The molecule has 0 spiro atoms. The van der Waals surface area contributed by atoms with Crippen LogP contribution in [0, 0.1) is 0 Å². The van der Waals surface area contributed by atoms with Crippen molar-refractivity contribution in [3.05, 3.63) is 64.7 Å². The molecule has 1 aliphatic carbocycles. The summed E-state index contributed by atoms with van der Waals surface area (Å²) in [6, 6.07) is 13.9. The molecule has 0 unspecified atom stereocenters. The smallest absolute Gasteiger partial charge is 0.167 e. The lowest BCUT2D eigenvalue weighted by Crippen LogP contribution is -2.04. The highest BCUT2D eigenvalue weighted by molar-refractivity contribution is 5.97. The molecule has 0 saturated carbocycles. The number of fused-ring (bicyclic) bond motifs is 1. The molecule has 0 saturated heterocycles. The normalized spacial score (nSPS) is 13.0. The summed E-state index contributed by atoms with van der Waals surface area (Å²) in [6.07, 6.45) is 4.03. The summed E-state index contributed by atoms with van der Waals surface area (Å²) in [6.45, 7) is 2.56. The van der Waals surface area contributed by atoms with E-state index >= 15 is 0 Å². The number of ether oxygens (including phenoxy) is 1. The Balaban J connectivity index is 1.75. The molecule has 3 rings (SSSR count). The molecule has 0 heterocycles. The number of hydrogen-bond donors (Lipinski definition) is 0. The molecule has 2 nitrogen and oxygen atoms in total. The third-order valence-electron chi connectivity index (χ3n) is 3.99. The second-order valence-corrected chi connectivity index (χ2v) is 5.52. The minimum atomic E-state index is 0.148. The average Bonchev–Trinajstić information content (AvgIpc) is 2.95. The largest absolute Gasteiger partial charge is 0.494 e. The third kappa shape index (κ3) is 3.15. The summed E-state index contributed by atoms with van der Waals surface area (Å²) < 4.78 is 5.46. The van der Waals surface area contributed by atoms with Crippen LogP contribution in [0.25, 0.3) is 0 Å². The van der Waals surface area contributed by atoms with E-state index in [0.717, 1.165) is 23.3 Å². The van der Waals surface area contributed by atoms with E-state index in [0.29, 0.717) is 13.0 Å². The Morgan fingerprint density at radius 2 is 1.95 bits per heavy atom. The second kappa shape index (κ2) is 6.13. The van der Waals surface area contributed by atoms with Gasteiger partial charge in [-0.25, -0.2) is 0 Å². The zero-order valence-electron chi connectivity index (χ0n) is 12.4. The van der Waals surface area contributed by atoms with E-state index in [9.17, 15) is 4.79 Å². The van der Waals surface area contributed by atoms with Crippen LogP contribution in [0.5, 0.6) is 5.75 Å². The van der Waals surface area contributed by atoms with Crippen molar-refractivity contribution in [1.29, 1.82) is 0 Å². The Morgan fingerprint density at radius 1 is 1.10 bits per heavy atom. The molecule has 2 aromatic carbocycles. The van der Waals surface area contributed by atoms with Crippen molar-refractivity contribution in [3.63, 3.8) is 0 Å². The summed E-state index contributed by atoms with van der Waals surface area (Å²) >= 11 is 0. The zero-order valence-corrected chi connectivity index (χ0v) is 12.4. The van der Waals surface area contributed by atoms with Crippen molar-refractivity contribution in [1.82, 2.24) is 0 Å². The summed E-state index contributed by atoms with van der Waals surface area (Å²) in [4.78, 5) is 12.4. The fraction of sp³-hybridized carbons (Fsp3) is 0.316. The SMILES string of the molecule is CCOc1cccc(C(=O)Cc2ccc3c(c2)CCC3)c1. The zero-order chi connectivity index (χ0) is 14.7. The first-order chi connectivity index (χ1) is 10.3. The Labute approximate surface area is 125 Å². The maximum absolute atomic E-state index is 12.4. The van der Waals surface area contributed by atoms with Crippen LogP contribution in [0.2, 0.25) is 0 Å². The molecule has 0 atom stereocenters. The van der Waals surface area contributed by atoms with E-state index in [2.05, 4.69) is 18.2 Å². The fourth-order valence-corrected chi connectivity index (χ4v) is 2.95. The molecule has 1 aliphatic rings. The van der Waals surface area contributed by atoms with E-state index in [1.165, 1.54) is 24.0 Å². The number of benzene rings is 2. The van der Waals surface area contributed by atoms with Crippen LogP contribution in [0.3, 0.4) is 0 Å². The lowest BCUT2D eigenvalue weighted by Gasteiger charge is -2.07. The Bertz CT molecular complexity index is 658. The second-order valence-electron chi connectivity index (χ2n) is 5.52. The van der Waals surface area contributed by atoms with Gasteiger partial charge in [-0.05, 0) is 55.0 Å². The first-order valence-electron chi connectivity index (χ1n) is 7.63. The van der Waals surface area contributed by atoms with Crippen molar-refractivity contribution >= 4 is 5.78 Å². The molecule has 0 bridgehead atoms. The molecular weight excluding hydrogens is 260 g/mol. The molecule has 0 radical (unpaired) electrons. The predicted molar refractivity (Wildman–Crippen MR) is 84.1 cm³/mol. The Kier molecular flexibility index (Phi) is 4.05. The van der Waals surface area contributed by atoms with Crippen LogP contribution in [0.4, 0.5) is 0 Å². The van der Waals surface area contributed by atoms with Gasteiger partial charge in [0.1, 0.15) is 5.75 Å². The van der Waals surface area contributed by atoms with Crippen LogP contribution in [0.15, 0.2) is 42.5 Å². The summed E-state index contributed by atoms with van der Waals surface area (Å²) in [5.41, 5.74) is 4.71. The van der Waals surface area contributed by atoms with Crippen molar-refractivity contribution < 1.29 is 9.53 Å². The van der Waals surface area contributed by atoms with E-state index in [1.54, 1.807) is 0 Å². The number of ketones is 1. The van der Waals surface area contributed by atoms with Crippen LogP contribution in [0.1, 0.15) is 40.4 Å². The van der Waals surface area contributed by atoms with Crippen LogP contribution < -0.4 is 4.74 Å². The third-order valence-corrected chi connectivity index (χ3v) is 3.99. The lowest BCUT2D eigenvalue weighted by molar-refractivity contribution is 0.0992. The van der Waals surface area contributed by atoms with Gasteiger partial charge in [-0.2, -0.15) is 0 Å². The minimum absolute atomic E-state index is 0.148. The van der Waals surface area contributed by atoms with Crippen molar-refractivity contribution in [2.45, 2.75) is 32.6 Å². The quantitative estimate of drug-likeness (QED) is 0.774. The average molecular weight is 280 g/mol. The van der Waals surface area contributed by atoms with Gasteiger partial charge in [-0.15, -0.1) is 0 Å². The molecule has 0 aliphatic heterocycles. The monoisotopic (exact) mass is 280 g/mol. The summed E-state index contributed by atoms with van der Waals surface area (Å²) in [5.74, 6) is 0.909. The van der Waals surface area contributed by atoms with Gasteiger partial charge in [0.15, 0.2) is 5.78 Å². The number of Topliss-reactive ketones (excluding diaryl/α,β-unsaturated/α-hetero) is 1. The number of carbonyl (C=O) groups is 1. The summed E-state index contributed by atoms with van der Waals surface area (Å²) in [7, 11) is 0. The topological polar surface area (TPSA) is 26.3 Å². The van der Waals surface area contributed by atoms with Crippen LogP contribution >= 0.6 is 0 Å². The van der Waals surface area contributed by atoms with Crippen molar-refractivity contribution in [3.8, 4) is 5.75 Å². The number of rotatable bonds is 5. The van der Waals surface area contributed by atoms with Gasteiger partial charge in [0.25, 0.3) is 0 Å². The van der Waals surface area contributed by atoms with E-state index < -0.39 is 0 Å². The highest BCUT2D eigenvalue weighted by Gasteiger charge is 2.13. The highest BCUT2D eigenvalue weighted by Crippen LogP contribution is 2.23. The van der Waals surface area contributed by atoms with E-state index in [-0.39, 0.29) is 5.78 Å². The molecule has 2 aromatic rings. The van der Waals surface area contributed by atoms with Crippen molar-refractivity contribution in [2.24, 2.45) is 0 Å². The maximum Gasteiger partial charge on any atom is 0.167 e. The molecule has 0 N–H and O–H groups in total. The van der Waals surface area contributed by atoms with Gasteiger partial charge >= 0.3 is 0 Å². The maximum atomic E-state index is 12.4. The number of aryl methyl sites for hydroxylation is 2. The summed E-state index contributed by atoms with van der Waals surface area (Å²) in [5, 5.41) is 0. The van der Waals surface area contributed by atoms with Gasteiger partial charge in [-0.1, -0.05) is 30.3 Å². The molecular formula is C19H20O2. The van der Waals surface area contributed by atoms with E-state index in [4.69, 9.17) is 4.74 Å². The number of hydrogen-bond acceptors (Lipinski definition) is 2. The molecule has 0 fully saturated rings. The van der Waals surface area contributed by atoms with Gasteiger partial charge in [0, 0.05) is 12.0 Å². The highest BCUT2D eigenvalue weighted by atomic mass is 16.5. The van der Waals surface area contributed by atoms with Gasteiger partial charge in [0.05, 0.1) is 6.61 Å². The first kappa shape index (κ1) is 13.9. The van der Waals surface area contributed by atoms with Gasteiger partial charge < -0.3 is 4.74 Å². The van der Waals surface area contributed by atoms with Gasteiger partial charge in [0.2, 0.25) is 0 Å². The van der Waals surface area contributed by atoms with Gasteiger partial charge in [-0.3, -0.25) is 4.79 Å². The van der Waals surface area contributed by atoms with Crippen molar-refractivity contribution in [2.75, 3.05) is 6.61 Å². The van der Waals surface area contributed by atoms with E-state index in [1.807, 2.05) is 31.2 Å². The number of carbonyl (C=O) groups excluding carboxylic acids is 1. The minimum Gasteiger partial charge on any atom is -0.494 e. The molecule has 0 amide bonds. The fourth-order valence-electron chi connectivity index (χ4n) is 2.95. The molecule has 21 heavy (non-hydrogen) atoms. The molecule has 108 valence electrons. The van der Waals surface area contributed by atoms with Crippen LogP contribution in [-0.4, -0.2) is 12.4 Å². The van der Waals surface area contributed by atoms with Crippen LogP contribution in [-0.2, 0) is 19.3 Å².